The van der Waals surface area contributed by atoms with Crippen LogP contribution in [0.25, 0.3) is 0 Å². The zero-order valence-corrected chi connectivity index (χ0v) is 7.57. The molecule has 5 heteroatoms. The summed E-state index contributed by atoms with van der Waals surface area (Å²) in [6.45, 7) is 1.32. The van der Waals surface area contributed by atoms with Crippen LogP contribution in [0.15, 0.2) is 0 Å². The molecule has 5 nitrogen and oxygen atoms in total. The highest BCUT2D eigenvalue weighted by Crippen LogP contribution is 2.11. The Morgan fingerprint density at radius 1 is 1.46 bits per heavy atom. The summed E-state index contributed by atoms with van der Waals surface area (Å²) in [4.78, 5) is 10.6. The molecule has 13 heavy (non-hydrogen) atoms. The van der Waals surface area contributed by atoms with Gasteiger partial charge < -0.3 is 20.9 Å². The normalized spacial score (nSPS) is 20.4. The van der Waals surface area contributed by atoms with Gasteiger partial charge in [-0.1, -0.05) is 0 Å². The van der Waals surface area contributed by atoms with Gasteiger partial charge in [-0.05, 0) is 19.3 Å². The van der Waals surface area contributed by atoms with Crippen molar-refractivity contribution in [2.24, 2.45) is 11.5 Å². The van der Waals surface area contributed by atoms with Crippen LogP contribution in [0.2, 0.25) is 0 Å². The average Bonchev–Trinajstić information content (AvgIpc) is 2.56. The second-order valence-electron chi connectivity index (χ2n) is 3.11. The number of hydrogen-bond acceptors (Lipinski definition) is 4. The molecule has 0 aliphatic carbocycles. The van der Waals surface area contributed by atoms with E-state index in [1.807, 2.05) is 0 Å². The van der Waals surface area contributed by atoms with Crippen molar-refractivity contribution in [2.45, 2.75) is 31.6 Å². The molecule has 0 aromatic rings. The van der Waals surface area contributed by atoms with Crippen molar-refractivity contribution < 1.29 is 14.3 Å². The molecule has 1 aliphatic heterocycles. The Bertz CT molecular complexity index is 169. The second-order valence-corrected chi connectivity index (χ2v) is 3.11. The van der Waals surface area contributed by atoms with Gasteiger partial charge in [-0.3, -0.25) is 4.79 Å². The maximum absolute atomic E-state index is 10.6. The highest BCUT2D eigenvalue weighted by Gasteiger charge is 2.16. The lowest BCUT2D eigenvalue weighted by Crippen LogP contribution is -2.36. The molecule has 0 unspecified atom stereocenters. The quantitative estimate of drug-likeness (QED) is 0.599. The summed E-state index contributed by atoms with van der Waals surface area (Å²) < 4.78 is 10.4. The van der Waals surface area contributed by atoms with E-state index in [-0.39, 0.29) is 6.29 Å². The van der Waals surface area contributed by atoms with E-state index in [2.05, 4.69) is 0 Å². The van der Waals surface area contributed by atoms with E-state index in [1.54, 1.807) is 0 Å². The van der Waals surface area contributed by atoms with E-state index >= 15 is 0 Å². The van der Waals surface area contributed by atoms with Crippen LogP contribution in [0.5, 0.6) is 0 Å². The van der Waals surface area contributed by atoms with Crippen molar-refractivity contribution in [1.82, 2.24) is 0 Å². The Morgan fingerprint density at radius 3 is 2.62 bits per heavy atom. The third-order valence-corrected chi connectivity index (χ3v) is 2.01. The standard InChI is InChI=1S/C8H16N2O3/c9-6(8(10)11)2-1-3-7-12-4-5-13-7/h6-7H,1-5,9H2,(H2,10,11)/t6-/m0/s1. The van der Waals surface area contributed by atoms with Gasteiger partial charge in [0.1, 0.15) is 0 Å². The van der Waals surface area contributed by atoms with Crippen LogP contribution in [-0.2, 0) is 14.3 Å². The van der Waals surface area contributed by atoms with Crippen LogP contribution < -0.4 is 11.5 Å². The molecule has 0 saturated carbocycles. The van der Waals surface area contributed by atoms with E-state index in [4.69, 9.17) is 20.9 Å². The van der Waals surface area contributed by atoms with Gasteiger partial charge in [0, 0.05) is 0 Å². The molecule has 1 rings (SSSR count). The number of amides is 1. The topological polar surface area (TPSA) is 87.6 Å². The Kier molecular flexibility index (Phi) is 4.14. The fraction of sp³-hybridized carbons (Fsp3) is 0.875. The smallest absolute Gasteiger partial charge is 0.234 e. The molecule has 1 heterocycles. The summed E-state index contributed by atoms with van der Waals surface area (Å²) in [5.74, 6) is -0.451. The summed E-state index contributed by atoms with van der Waals surface area (Å²) in [7, 11) is 0. The Labute approximate surface area is 77.4 Å². The summed E-state index contributed by atoms with van der Waals surface area (Å²) >= 11 is 0. The Balaban J connectivity index is 2.02. The number of ether oxygens (including phenoxy) is 2. The number of carbonyl (C=O) groups is 1. The number of primary amides is 1. The lowest BCUT2D eigenvalue weighted by Gasteiger charge is -2.10. The van der Waals surface area contributed by atoms with Crippen molar-refractivity contribution in [3.05, 3.63) is 0 Å². The van der Waals surface area contributed by atoms with E-state index in [1.165, 1.54) is 0 Å². The third kappa shape index (κ3) is 3.71. The van der Waals surface area contributed by atoms with E-state index in [9.17, 15) is 4.79 Å². The van der Waals surface area contributed by atoms with Crippen LogP contribution in [0.3, 0.4) is 0 Å². The van der Waals surface area contributed by atoms with E-state index in [0.29, 0.717) is 19.6 Å². The SMILES string of the molecule is NC(=O)[C@@H](N)CCCC1OCCO1. The van der Waals surface area contributed by atoms with Crippen molar-refractivity contribution in [3.8, 4) is 0 Å². The maximum Gasteiger partial charge on any atom is 0.234 e. The van der Waals surface area contributed by atoms with Crippen LogP contribution in [-0.4, -0.2) is 31.5 Å². The molecule has 0 radical (unpaired) electrons. The summed E-state index contributed by atoms with van der Waals surface area (Å²) in [6.07, 6.45) is 2.06. The number of hydrogen-bond donors (Lipinski definition) is 2. The molecule has 1 amide bonds. The van der Waals surface area contributed by atoms with Crippen LogP contribution in [0, 0.1) is 0 Å². The molecule has 1 aliphatic rings. The van der Waals surface area contributed by atoms with Gasteiger partial charge >= 0.3 is 0 Å². The van der Waals surface area contributed by atoms with Crippen molar-refractivity contribution in [3.63, 3.8) is 0 Å². The molecular weight excluding hydrogens is 172 g/mol. The Hall–Kier alpha value is -0.650. The van der Waals surface area contributed by atoms with Crippen LogP contribution >= 0.6 is 0 Å². The summed E-state index contributed by atoms with van der Waals surface area (Å²) in [6, 6.07) is -0.540. The number of rotatable bonds is 5. The first kappa shape index (κ1) is 10.4. The van der Waals surface area contributed by atoms with Gasteiger partial charge in [0.05, 0.1) is 19.3 Å². The van der Waals surface area contributed by atoms with Gasteiger partial charge in [0.25, 0.3) is 0 Å². The van der Waals surface area contributed by atoms with Gasteiger partial charge in [0.15, 0.2) is 6.29 Å². The Morgan fingerprint density at radius 2 is 2.08 bits per heavy atom. The highest BCUT2D eigenvalue weighted by atomic mass is 16.7. The van der Waals surface area contributed by atoms with Gasteiger partial charge in [-0.2, -0.15) is 0 Å². The molecule has 1 fully saturated rings. The molecule has 76 valence electrons. The molecular formula is C8H16N2O3. The zero-order valence-electron chi connectivity index (χ0n) is 7.57. The van der Waals surface area contributed by atoms with Crippen molar-refractivity contribution in [2.75, 3.05) is 13.2 Å². The van der Waals surface area contributed by atoms with Gasteiger partial charge in [-0.15, -0.1) is 0 Å². The fourth-order valence-corrected chi connectivity index (χ4v) is 1.22. The predicted molar refractivity (Wildman–Crippen MR) is 46.7 cm³/mol. The molecule has 1 atom stereocenters. The first-order valence-electron chi connectivity index (χ1n) is 4.48. The highest BCUT2D eigenvalue weighted by molar-refractivity contribution is 5.79. The second kappa shape index (κ2) is 5.16. The lowest BCUT2D eigenvalue weighted by atomic mass is 10.1. The number of nitrogens with two attached hydrogens (primary N) is 2. The number of carbonyl (C=O) groups excluding carboxylic acids is 1. The van der Waals surface area contributed by atoms with Crippen molar-refractivity contribution in [1.29, 1.82) is 0 Å². The maximum atomic E-state index is 10.6. The first-order valence-corrected chi connectivity index (χ1v) is 4.48. The fourth-order valence-electron chi connectivity index (χ4n) is 1.22. The molecule has 0 aromatic carbocycles. The van der Waals surface area contributed by atoms with Gasteiger partial charge in [-0.25, -0.2) is 0 Å². The van der Waals surface area contributed by atoms with E-state index < -0.39 is 11.9 Å². The molecule has 1 saturated heterocycles. The van der Waals surface area contributed by atoms with Crippen molar-refractivity contribution >= 4 is 5.91 Å². The third-order valence-electron chi connectivity index (χ3n) is 2.01. The molecule has 4 N–H and O–H groups in total. The van der Waals surface area contributed by atoms with E-state index in [0.717, 1.165) is 12.8 Å². The minimum absolute atomic E-state index is 0.111. The first-order chi connectivity index (χ1) is 6.20. The monoisotopic (exact) mass is 188 g/mol. The molecule has 0 aromatic heterocycles. The zero-order chi connectivity index (χ0) is 9.68. The summed E-state index contributed by atoms with van der Waals surface area (Å²) in [5.41, 5.74) is 10.4. The molecule has 0 bridgehead atoms. The summed E-state index contributed by atoms with van der Waals surface area (Å²) in [5, 5.41) is 0. The predicted octanol–water partition coefficient (Wildman–Crippen LogP) is -0.658. The molecule has 0 spiro atoms. The van der Waals surface area contributed by atoms with Crippen LogP contribution in [0.4, 0.5) is 0 Å². The average molecular weight is 188 g/mol. The minimum Gasteiger partial charge on any atom is -0.368 e. The lowest BCUT2D eigenvalue weighted by molar-refractivity contribution is -0.119. The van der Waals surface area contributed by atoms with Gasteiger partial charge in [0.2, 0.25) is 5.91 Å². The largest absolute Gasteiger partial charge is 0.368 e. The minimum atomic E-state index is -0.540. The van der Waals surface area contributed by atoms with Crippen LogP contribution in [0.1, 0.15) is 19.3 Å².